The van der Waals surface area contributed by atoms with Crippen molar-refractivity contribution in [2.45, 2.75) is 83.6 Å². The van der Waals surface area contributed by atoms with E-state index >= 15 is 0 Å². The zero-order valence-electron chi connectivity index (χ0n) is 22.6. The minimum absolute atomic E-state index is 0.114. The van der Waals surface area contributed by atoms with Crippen molar-refractivity contribution in [3.05, 3.63) is 50.6 Å². The van der Waals surface area contributed by atoms with Crippen LogP contribution in [0.1, 0.15) is 78.1 Å². The van der Waals surface area contributed by atoms with Crippen LogP contribution in [0.2, 0.25) is 0 Å². The Morgan fingerprint density at radius 2 is 1.14 bits per heavy atom. The summed E-state index contributed by atoms with van der Waals surface area (Å²) in [7, 11) is 0. The number of hydrogen-bond donors (Lipinski definition) is 0. The molecule has 0 aromatic heterocycles. The smallest absolute Gasteiger partial charge is 0.297 e. The highest BCUT2D eigenvalue weighted by molar-refractivity contribution is 6.06. The third kappa shape index (κ3) is 9.77. The van der Waals surface area contributed by atoms with Gasteiger partial charge in [0.15, 0.2) is 0 Å². The summed E-state index contributed by atoms with van der Waals surface area (Å²) >= 11 is 0. The number of carbonyl (C=O) groups is 2. The maximum Gasteiger partial charge on any atom is 0.329 e. The number of amides is 3. The summed E-state index contributed by atoms with van der Waals surface area (Å²) in [6, 6.07) is -0.232. The standard InChI is InChI=1S/C29H50N4O2/c1-7-12-13-14-15-16-17-18-19-20-29(6)27(34)32(25-30(21-8-2)22-9-3)28(35)33(29)26-31(23-10-4)24-11-5/h8-11H,2-5,7,12-26H2,1,6H3. The van der Waals surface area contributed by atoms with Crippen LogP contribution in [0.15, 0.2) is 50.6 Å². The van der Waals surface area contributed by atoms with Gasteiger partial charge in [-0.15, -0.1) is 26.3 Å². The van der Waals surface area contributed by atoms with Crippen LogP contribution in [-0.4, -0.2) is 76.6 Å². The molecule has 0 aliphatic carbocycles. The zero-order chi connectivity index (χ0) is 26.1. The number of carbonyl (C=O) groups excluding carboxylic acids is 2. The normalized spacial score (nSPS) is 18.1. The molecule has 1 unspecified atom stereocenters. The van der Waals surface area contributed by atoms with Gasteiger partial charge in [0.2, 0.25) is 0 Å². The lowest BCUT2D eigenvalue weighted by Gasteiger charge is -2.35. The summed E-state index contributed by atoms with van der Waals surface area (Å²) in [6.07, 6.45) is 18.8. The Morgan fingerprint density at radius 1 is 0.714 bits per heavy atom. The average molecular weight is 487 g/mol. The van der Waals surface area contributed by atoms with Gasteiger partial charge in [0, 0.05) is 26.2 Å². The summed E-state index contributed by atoms with van der Waals surface area (Å²) in [5, 5.41) is 0. The largest absolute Gasteiger partial charge is 0.329 e. The second kappa shape index (κ2) is 17.3. The Kier molecular flexibility index (Phi) is 15.2. The fourth-order valence-electron chi connectivity index (χ4n) is 4.72. The molecule has 6 heteroatoms. The molecular weight excluding hydrogens is 436 g/mol. The second-order valence-electron chi connectivity index (χ2n) is 9.81. The van der Waals surface area contributed by atoms with Gasteiger partial charge >= 0.3 is 6.03 Å². The predicted octanol–water partition coefficient (Wildman–Crippen LogP) is 6.19. The summed E-state index contributed by atoms with van der Waals surface area (Å²) in [5.41, 5.74) is -0.854. The molecule has 6 nitrogen and oxygen atoms in total. The molecule has 0 bridgehead atoms. The molecule has 198 valence electrons. The minimum atomic E-state index is -0.854. The Morgan fingerprint density at radius 3 is 1.60 bits per heavy atom. The third-order valence-corrected chi connectivity index (χ3v) is 6.76. The number of imide groups is 1. The van der Waals surface area contributed by atoms with E-state index in [2.05, 4.69) is 38.1 Å². The lowest BCUT2D eigenvalue weighted by molar-refractivity contribution is -0.134. The van der Waals surface area contributed by atoms with Gasteiger partial charge in [0.1, 0.15) is 5.54 Å². The van der Waals surface area contributed by atoms with Crippen LogP contribution in [0.25, 0.3) is 0 Å². The van der Waals surface area contributed by atoms with Crippen LogP contribution in [0.5, 0.6) is 0 Å². The van der Waals surface area contributed by atoms with Gasteiger partial charge < -0.3 is 0 Å². The number of hydrogen-bond acceptors (Lipinski definition) is 4. The van der Waals surface area contributed by atoms with E-state index in [0.717, 1.165) is 12.8 Å². The first-order valence-electron chi connectivity index (χ1n) is 13.4. The highest BCUT2D eigenvalue weighted by Crippen LogP contribution is 2.33. The van der Waals surface area contributed by atoms with E-state index in [1.54, 1.807) is 17.1 Å². The Labute approximate surface area is 215 Å². The van der Waals surface area contributed by atoms with Crippen molar-refractivity contribution in [1.29, 1.82) is 0 Å². The van der Waals surface area contributed by atoms with Crippen LogP contribution >= 0.6 is 0 Å². The van der Waals surface area contributed by atoms with Crippen molar-refractivity contribution >= 4 is 11.9 Å². The topological polar surface area (TPSA) is 47.1 Å². The molecule has 1 aliphatic rings. The van der Waals surface area contributed by atoms with Crippen LogP contribution in [0.4, 0.5) is 4.79 Å². The van der Waals surface area contributed by atoms with E-state index in [9.17, 15) is 9.59 Å². The van der Waals surface area contributed by atoms with E-state index in [1.165, 1.54) is 49.8 Å². The molecule has 1 atom stereocenters. The average Bonchev–Trinajstić information content (AvgIpc) is 2.99. The lowest BCUT2D eigenvalue weighted by atomic mass is 9.92. The second-order valence-corrected chi connectivity index (χ2v) is 9.81. The van der Waals surface area contributed by atoms with Crippen molar-refractivity contribution < 1.29 is 9.59 Å². The Bertz CT molecular complexity index is 672. The molecule has 3 amide bonds. The number of nitrogens with zero attached hydrogens (tertiary/aromatic N) is 4. The molecule has 1 heterocycles. The molecule has 1 rings (SSSR count). The lowest BCUT2D eigenvalue weighted by Crippen LogP contribution is -2.51. The molecular formula is C29H50N4O2. The van der Waals surface area contributed by atoms with Crippen LogP contribution in [-0.2, 0) is 4.79 Å². The molecule has 1 saturated heterocycles. The first kappa shape index (κ1) is 30.9. The summed E-state index contributed by atoms with van der Waals surface area (Å²) in [4.78, 5) is 34.5. The van der Waals surface area contributed by atoms with Crippen LogP contribution in [0, 0.1) is 0 Å². The molecule has 0 aromatic carbocycles. The number of urea groups is 1. The van der Waals surface area contributed by atoms with Gasteiger partial charge in [0.25, 0.3) is 5.91 Å². The van der Waals surface area contributed by atoms with Crippen molar-refractivity contribution in [3.63, 3.8) is 0 Å². The fraction of sp³-hybridized carbons (Fsp3) is 0.655. The first-order valence-corrected chi connectivity index (χ1v) is 13.4. The van der Waals surface area contributed by atoms with Gasteiger partial charge in [-0.05, 0) is 13.3 Å². The molecule has 35 heavy (non-hydrogen) atoms. The van der Waals surface area contributed by atoms with Crippen LogP contribution in [0.3, 0.4) is 0 Å². The molecule has 0 spiro atoms. The number of rotatable bonds is 22. The van der Waals surface area contributed by atoms with E-state index in [4.69, 9.17) is 0 Å². The Balaban J connectivity index is 2.90. The predicted molar refractivity (Wildman–Crippen MR) is 148 cm³/mol. The van der Waals surface area contributed by atoms with Crippen LogP contribution < -0.4 is 0 Å². The molecule has 1 fully saturated rings. The Hall–Kier alpha value is -2.18. The minimum Gasteiger partial charge on any atom is -0.297 e. The van der Waals surface area contributed by atoms with Gasteiger partial charge in [0.05, 0.1) is 13.3 Å². The zero-order valence-corrected chi connectivity index (χ0v) is 22.6. The fourth-order valence-corrected chi connectivity index (χ4v) is 4.72. The summed E-state index contributed by atoms with van der Waals surface area (Å²) in [5.74, 6) is -0.114. The van der Waals surface area contributed by atoms with E-state index in [1.807, 2.05) is 24.0 Å². The maximum absolute atomic E-state index is 13.7. The molecule has 0 N–H and O–H groups in total. The van der Waals surface area contributed by atoms with Gasteiger partial charge in [-0.25, -0.2) is 9.69 Å². The quantitative estimate of drug-likeness (QED) is 0.104. The SMILES string of the molecule is C=CCN(CC=C)CN1C(=O)N(CN(CC=C)CC=C)C(C)(CCCCCCCCCCC)C1=O. The van der Waals surface area contributed by atoms with E-state index < -0.39 is 5.54 Å². The van der Waals surface area contributed by atoms with E-state index in [0.29, 0.717) is 39.3 Å². The van der Waals surface area contributed by atoms with Crippen molar-refractivity contribution in [3.8, 4) is 0 Å². The monoisotopic (exact) mass is 486 g/mol. The maximum atomic E-state index is 13.7. The molecule has 0 radical (unpaired) electrons. The highest BCUT2D eigenvalue weighted by Gasteiger charge is 2.54. The van der Waals surface area contributed by atoms with Crippen molar-refractivity contribution in [1.82, 2.24) is 19.6 Å². The van der Waals surface area contributed by atoms with Gasteiger partial charge in [-0.1, -0.05) is 89.0 Å². The highest BCUT2D eigenvalue weighted by atomic mass is 16.2. The molecule has 0 saturated carbocycles. The molecule has 1 aliphatic heterocycles. The third-order valence-electron chi connectivity index (χ3n) is 6.76. The molecule has 0 aromatic rings. The van der Waals surface area contributed by atoms with Crippen molar-refractivity contribution in [2.24, 2.45) is 0 Å². The van der Waals surface area contributed by atoms with E-state index in [-0.39, 0.29) is 18.6 Å². The summed E-state index contributed by atoms with van der Waals surface area (Å²) in [6.45, 7) is 22.5. The first-order chi connectivity index (χ1) is 16.9. The van der Waals surface area contributed by atoms with Gasteiger partial charge in [-0.3, -0.25) is 19.5 Å². The summed E-state index contributed by atoms with van der Waals surface area (Å²) < 4.78 is 0. The van der Waals surface area contributed by atoms with Crippen molar-refractivity contribution in [2.75, 3.05) is 39.5 Å². The number of unbranched alkanes of at least 4 members (excludes halogenated alkanes) is 8. The van der Waals surface area contributed by atoms with Gasteiger partial charge in [-0.2, -0.15) is 0 Å².